The molecular formula is C25H35NO3. The molecule has 2 rings (SSSR count). The highest BCUT2D eigenvalue weighted by Gasteiger charge is 2.33. The Morgan fingerprint density at radius 2 is 1.69 bits per heavy atom. The standard InChI is InChI=1S/C25H35NO3/c1-6-8-12-15-25(5,29-7-2)24(27)26-22-16-19(3)23(20(4)17-22)28-18-21-13-10-9-11-14-21/h9-11,13-14,16-17H,6-8,12,15,18H2,1-5H3,(H,26,27)/t25-/m0/s1. The first-order valence-electron chi connectivity index (χ1n) is 10.6. The van der Waals surface area contributed by atoms with Gasteiger partial charge < -0.3 is 14.8 Å². The van der Waals surface area contributed by atoms with Crippen molar-refractivity contribution >= 4 is 11.6 Å². The maximum Gasteiger partial charge on any atom is 0.256 e. The molecule has 0 unspecified atom stereocenters. The third-order valence-electron chi connectivity index (χ3n) is 5.14. The van der Waals surface area contributed by atoms with Crippen molar-refractivity contribution in [3.63, 3.8) is 0 Å². The molecule has 1 atom stereocenters. The minimum atomic E-state index is -0.811. The Morgan fingerprint density at radius 1 is 1.03 bits per heavy atom. The van der Waals surface area contributed by atoms with Crippen molar-refractivity contribution in [3.05, 3.63) is 59.2 Å². The number of carbonyl (C=O) groups excluding carboxylic acids is 1. The topological polar surface area (TPSA) is 47.6 Å². The number of anilines is 1. The van der Waals surface area contributed by atoms with E-state index < -0.39 is 5.60 Å². The summed E-state index contributed by atoms with van der Waals surface area (Å²) in [5, 5.41) is 3.06. The highest BCUT2D eigenvalue weighted by Crippen LogP contribution is 2.29. The molecule has 29 heavy (non-hydrogen) atoms. The Morgan fingerprint density at radius 3 is 2.28 bits per heavy atom. The van der Waals surface area contributed by atoms with Crippen LogP contribution in [0.1, 0.15) is 63.1 Å². The lowest BCUT2D eigenvalue weighted by molar-refractivity contribution is -0.139. The summed E-state index contributed by atoms with van der Waals surface area (Å²) < 4.78 is 11.9. The van der Waals surface area contributed by atoms with E-state index in [0.29, 0.717) is 13.2 Å². The fraction of sp³-hybridized carbons (Fsp3) is 0.480. The molecule has 2 aromatic rings. The van der Waals surface area contributed by atoms with Crippen LogP contribution >= 0.6 is 0 Å². The number of hydrogen-bond donors (Lipinski definition) is 1. The van der Waals surface area contributed by atoms with Crippen molar-refractivity contribution in [2.24, 2.45) is 0 Å². The molecule has 0 spiro atoms. The summed E-state index contributed by atoms with van der Waals surface area (Å²) in [4.78, 5) is 13.0. The summed E-state index contributed by atoms with van der Waals surface area (Å²) in [5.41, 5.74) is 3.09. The third kappa shape index (κ3) is 6.60. The zero-order chi connectivity index (χ0) is 21.3. The van der Waals surface area contributed by atoms with Crippen LogP contribution in [0.3, 0.4) is 0 Å². The number of ether oxygens (including phenoxy) is 2. The molecule has 2 aromatic carbocycles. The first-order valence-corrected chi connectivity index (χ1v) is 10.6. The van der Waals surface area contributed by atoms with E-state index in [1.807, 2.05) is 70.2 Å². The highest BCUT2D eigenvalue weighted by atomic mass is 16.5. The van der Waals surface area contributed by atoms with Crippen molar-refractivity contribution in [1.29, 1.82) is 0 Å². The number of unbranched alkanes of at least 4 members (excludes halogenated alkanes) is 2. The van der Waals surface area contributed by atoms with Gasteiger partial charge in [-0.3, -0.25) is 4.79 Å². The van der Waals surface area contributed by atoms with Gasteiger partial charge in [0, 0.05) is 12.3 Å². The van der Waals surface area contributed by atoms with Crippen LogP contribution in [0.2, 0.25) is 0 Å². The average molecular weight is 398 g/mol. The predicted octanol–water partition coefficient (Wildman–Crippen LogP) is 6.20. The van der Waals surface area contributed by atoms with Crippen molar-refractivity contribution < 1.29 is 14.3 Å². The Labute approximate surface area is 175 Å². The van der Waals surface area contributed by atoms with Crippen molar-refractivity contribution in [1.82, 2.24) is 0 Å². The van der Waals surface area contributed by atoms with E-state index in [4.69, 9.17) is 9.47 Å². The first kappa shape index (κ1) is 23.0. The SMILES string of the molecule is CCCCC[C@](C)(OCC)C(=O)Nc1cc(C)c(OCc2ccccc2)c(C)c1. The molecule has 4 nitrogen and oxygen atoms in total. The zero-order valence-corrected chi connectivity index (χ0v) is 18.5. The second-order valence-corrected chi connectivity index (χ2v) is 7.79. The van der Waals surface area contributed by atoms with E-state index in [1.165, 1.54) is 0 Å². The zero-order valence-electron chi connectivity index (χ0n) is 18.5. The quantitative estimate of drug-likeness (QED) is 0.459. The van der Waals surface area contributed by atoms with E-state index in [0.717, 1.165) is 53.8 Å². The smallest absolute Gasteiger partial charge is 0.256 e. The highest BCUT2D eigenvalue weighted by molar-refractivity contribution is 5.97. The normalized spacial score (nSPS) is 13.0. The Bertz CT molecular complexity index is 765. The van der Waals surface area contributed by atoms with E-state index in [2.05, 4.69) is 12.2 Å². The summed E-state index contributed by atoms with van der Waals surface area (Å²) in [6.45, 7) is 11.0. The van der Waals surface area contributed by atoms with Crippen LogP contribution in [-0.2, 0) is 16.1 Å². The third-order valence-corrected chi connectivity index (χ3v) is 5.14. The fourth-order valence-electron chi connectivity index (χ4n) is 3.53. The average Bonchev–Trinajstić information content (AvgIpc) is 2.68. The predicted molar refractivity (Wildman–Crippen MR) is 119 cm³/mol. The number of hydrogen-bond acceptors (Lipinski definition) is 3. The van der Waals surface area contributed by atoms with Crippen LogP contribution in [0.5, 0.6) is 5.75 Å². The lowest BCUT2D eigenvalue weighted by atomic mass is 9.96. The second kappa shape index (κ2) is 11.0. The molecule has 0 saturated carbocycles. The van der Waals surface area contributed by atoms with Gasteiger partial charge in [0.25, 0.3) is 5.91 Å². The monoisotopic (exact) mass is 397 g/mol. The number of nitrogens with one attached hydrogen (secondary N) is 1. The summed E-state index contributed by atoms with van der Waals surface area (Å²) in [5.74, 6) is 0.773. The van der Waals surface area contributed by atoms with Gasteiger partial charge in [0.2, 0.25) is 0 Å². The van der Waals surface area contributed by atoms with Crippen LogP contribution in [0.4, 0.5) is 5.69 Å². The fourth-order valence-corrected chi connectivity index (χ4v) is 3.53. The molecule has 0 aliphatic carbocycles. The van der Waals surface area contributed by atoms with Crippen LogP contribution in [-0.4, -0.2) is 18.1 Å². The minimum absolute atomic E-state index is 0.0905. The van der Waals surface area contributed by atoms with E-state index in [9.17, 15) is 4.79 Å². The molecule has 0 fully saturated rings. The van der Waals surface area contributed by atoms with Gasteiger partial charge in [0.1, 0.15) is 18.0 Å². The summed E-state index contributed by atoms with van der Waals surface area (Å²) in [7, 11) is 0. The van der Waals surface area contributed by atoms with Crippen LogP contribution in [0, 0.1) is 13.8 Å². The summed E-state index contributed by atoms with van der Waals surface area (Å²) in [6.07, 6.45) is 3.91. The molecule has 1 N–H and O–H groups in total. The number of carbonyl (C=O) groups is 1. The summed E-state index contributed by atoms with van der Waals surface area (Å²) in [6, 6.07) is 14.0. The van der Waals surface area contributed by atoms with Gasteiger partial charge in [-0.2, -0.15) is 0 Å². The second-order valence-electron chi connectivity index (χ2n) is 7.79. The first-order chi connectivity index (χ1) is 13.9. The van der Waals surface area contributed by atoms with E-state index in [-0.39, 0.29) is 5.91 Å². The van der Waals surface area contributed by atoms with E-state index in [1.54, 1.807) is 0 Å². The molecule has 4 heteroatoms. The summed E-state index contributed by atoms with van der Waals surface area (Å²) >= 11 is 0. The van der Waals surface area contributed by atoms with Gasteiger partial charge >= 0.3 is 0 Å². The molecule has 0 saturated heterocycles. The molecule has 0 aliphatic heterocycles. The number of amides is 1. The van der Waals surface area contributed by atoms with Gasteiger partial charge in [-0.15, -0.1) is 0 Å². The van der Waals surface area contributed by atoms with Gasteiger partial charge in [-0.1, -0.05) is 56.5 Å². The lowest BCUT2D eigenvalue weighted by Gasteiger charge is -2.28. The number of aryl methyl sites for hydroxylation is 2. The molecule has 0 radical (unpaired) electrons. The van der Waals surface area contributed by atoms with Crippen LogP contribution < -0.4 is 10.1 Å². The Balaban J connectivity index is 2.09. The number of rotatable bonds is 11. The molecule has 0 aliphatic rings. The molecule has 0 aromatic heterocycles. The van der Waals surface area contributed by atoms with Gasteiger partial charge in [0.15, 0.2) is 0 Å². The van der Waals surface area contributed by atoms with Crippen molar-refractivity contribution in [2.75, 3.05) is 11.9 Å². The van der Waals surface area contributed by atoms with Crippen LogP contribution in [0.25, 0.3) is 0 Å². The van der Waals surface area contributed by atoms with Gasteiger partial charge in [-0.25, -0.2) is 0 Å². The lowest BCUT2D eigenvalue weighted by Crippen LogP contribution is -2.42. The Hall–Kier alpha value is -2.33. The van der Waals surface area contributed by atoms with Gasteiger partial charge in [-0.05, 0) is 62.9 Å². The molecule has 158 valence electrons. The molecule has 1 amide bonds. The maximum atomic E-state index is 13.0. The maximum absolute atomic E-state index is 13.0. The number of benzene rings is 2. The molecular weight excluding hydrogens is 362 g/mol. The van der Waals surface area contributed by atoms with E-state index >= 15 is 0 Å². The molecule has 0 bridgehead atoms. The van der Waals surface area contributed by atoms with Crippen molar-refractivity contribution in [3.8, 4) is 5.75 Å². The minimum Gasteiger partial charge on any atom is -0.488 e. The largest absolute Gasteiger partial charge is 0.488 e. The van der Waals surface area contributed by atoms with Crippen LogP contribution in [0.15, 0.2) is 42.5 Å². The molecule has 0 heterocycles. The van der Waals surface area contributed by atoms with Gasteiger partial charge in [0.05, 0.1) is 0 Å². The van der Waals surface area contributed by atoms with Crippen molar-refractivity contribution in [2.45, 2.75) is 72.5 Å². The Kier molecular flexibility index (Phi) is 8.71.